The maximum absolute atomic E-state index is 13.3. The first-order chi connectivity index (χ1) is 6.97. The zero-order valence-corrected chi connectivity index (χ0v) is 9.51. The van der Waals surface area contributed by atoms with E-state index in [9.17, 15) is 13.6 Å². The summed E-state index contributed by atoms with van der Waals surface area (Å²) in [5, 5.41) is 8.83. The minimum atomic E-state index is -1.16. The summed E-state index contributed by atoms with van der Waals surface area (Å²) in [6.07, 6.45) is 0.210. The van der Waals surface area contributed by atoms with Gasteiger partial charge in [0.25, 0.3) is 0 Å². The molecular formula is C10H9BrF2O2. The molecule has 1 N–H and O–H groups in total. The number of carboxylic acids is 1. The third kappa shape index (κ3) is 2.53. The van der Waals surface area contributed by atoms with Crippen molar-refractivity contribution in [2.45, 2.75) is 19.3 Å². The molecule has 0 bridgehead atoms. The lowest BCUT2D eigenvalue weighted by Crippen LogP contribution is -2.13. The summed E-state index contributed by atoms with van der Waals surface area (Å²) in [6, 6.07) is 2.26. The molecule has 0 aromatic heterocycles. The summed E-state index contributed by atoms with van der Waals surface area (Å²) in [5.41, 5.74) is -0.128. The van der Waals surface area contributed by atoms with Gasteiger partial charge in [0.05, 0.1) is 5.92 Å². The predicted molar refractivity (Wildman–Crippen MR) is 54.7 cm³/mol. The normalized spacial score (nSPS) is 12.5. The van der Waals surface area contributed by atoms with Crippen LogP contribution in [0.1, 0.15) is 24.8 Å². The molecule has 0 aliphatic carbocycles. The molecule has 5 heteroatoms. The zero-order valence-electron chi connectivity index (χ0n) is 7.93. The van der Waals surface area contributed by atoms with Crippen LogP contribution >= 0.6 is 15.9 Å². The molecule has 2 nitrogen and oxygen atoms in total. The van der Waals surface area contributed by atoms with E-state index in [4.69, 9.17) is 5.11 Å². The van der Waals surface area contributed by atoms with Crippen LogP contribution < -0.4 is 0 Å². The van der Waals surface area contributed by atoms with Gasteiger partial charge in [-0.25, -0.2) is 8.78 Å². The smallest absolute Gasteiger partial charge is 0.311 e. The number of carbonyl (C=O) groups is 1. The lowest BCUT2D eigenvalue weighted by Gasteiger charge is -2.11. The van der Waals surface area contributed by atoms with Crippen molar-refractivity contribution in [1.82, 2.24) is 0 Å². The lowest BCUT2D eigenvalue weighted by atomic mass is 9.96. The Morgan fingerprint density at radius 2 is 2.13 bits per heavy atom. The van der Waals surface area contributed by atoms with E-state index < -0.39 is 23.5 Å². The maximum Gasteiger partial charge on any atom is 0.311 e. The summed E-state index contributed by atoms with van der Waals surface area (Å²) in [7, 11) is 0. The summed E-state index contributed by atoms with van der Waals surface area (Å²) in [4.78, 5) is 10.8. The third-order valence-corrected chi connectivity index (χ3v) is 2.56. The zero-order chi connectivity index (χ0) is 11.6. The van der Waals surface area contributed by atoms with Gasteiger partial charge in [-0.15, -0.1) is 0 Å². The Hall–Kier alpha value is -0.970. The van der Waals surface area contributed by atoms with Gasteiger partial charge in [0.1, 0.15) is 0 Å². The van der Waals surface area contributed by atoms with Gasteiger partial charge < -0.3 is 5.11 Å². The van der Waals surface area contributed by atoms with Gasteiger partial charge in [-0.1, -0.05) is 22.9 Å². The van der Waals surface area contributed by atoms with Gasteiger partial charge in [0.15, 0.2) is 11.6 Å². The standard InChI is InChI=1S/C10H9BrF2O2/c1-2-6(10(14)15)7-3-5(11)4-8(12)9(7)13/h3-4,6H,2H2,1H3,(H,14,15). The van der Waals surface area contributed by atoms with E-state index in [2.05, 4.69) is 15.9 Å². The Labute approximate surface area is 94.0 Å². The molecule has 1 aromatic carbocycles. The van der Waals surface area contributed by atoms with Crippen LogP contribution in [-0.2, 0) is 4.79 Å². The molecule has 1 aromatic rings. The number of rotatable bonds is 3. The first-order valence-electron chi connectivity index (χ1n) is 4.34. The van der Waals surface area contributed by atoms with E-state index in [1.54, 1.807) is 6.92 Å². The molecule has 0 spiro atoms. The molecule has 0 saturated heterocycles. The molecule has 0 amide bonds. The highest BCUT2D eigenvalue weighted by Crippen LogP contribution is 2.27. The third-order valence-electron chi connectivity index (χ3n) is 2.10. The summed E-state index contributed by atoms with van der Waals surface area (Å²) in [6.45, 7) is 1.61. The Balaban J connectivity index is 3.28. The molecule has 1 rings (SSSR count). The van der Waals surface area contributed by atoms with Crippen molar-refractivity contribution >= 4 is 21.9 Å². The maximum atomic E-state index is 13.3. The van der Waals surface area contributed by atoms with Gasteiger partial charge in [0.2, 0.25) is 0 Å². The number of hydrogen-bond donors (Lipinski definition) is 1. The van der Waals surface area contributed by atoms with Crippen LogP contribution in [0.25, 0.3) is 0 Å². The fourth-order valence-corrected chi connectivity index (χ4v) is 1.80. The van der Waals surface area contributed by atoms with Crippen molar-refractivity contribution < 1.29 is 18.7 Å². The van der Waals surface area contributed by atoms with Crippen LogP contribution in [0.2, 0.25) is 0 Å². The quantitative estimate of drug-likeness (QED) is 0.862. The first-order valence-corrected chi connectivity index (χ1v) is 5.14. The molecule has 0 aliphatic heterocycles. The topological polar surface area (TPSA) is 37.3 Å². The highest BCUT2D eigenvalue weighted by Gasteiger charge is 2.23. The highest BCUT2D eigenvalue weighted by molar-refractivity contribution is 9.10. The number of benzene rings is 1. The van der Waals surface area contributed by atoms with Gasteiger partial charge in [-0.2, -0.15) is 0 Å². The van der Waals surface area contributed by atoms with Crippen LogP contribution in [0.5, 0.6) is 0 Å². The van der Waals surface area contributed by atoms with Crippen LogP contribution in [0.3, 0.4) is 0 Å². The number of carboxylic acid groups (broad SMARTS) is 1. The predicted octanol–water partition coefficient (Wildman–Crippen LogP) is 3.31. The number of hydrogen-bond acceptors (Lipinski definition) is 1. The van der Waals surface area contributed by atoms with Gasteiger partial charge in [0, 0.05) is 10.0 Å². The van der Waals surface area contributed by atoms with Gasteiger partial charge >= 0.3 is 5.97 Å². The molecule has 1 unspecified atom stereocenters. The molecule has 0 aliphatic rings. The van der Waals surface area contributed by atoms with Crippen molar-refractivity contribution in [1.29, 1.82) is 0 Å². The average Bonchev–Trinajstić information content (AvgIpc) is 2.13. The highest BCUT2D eigenvalue weighted by atomic mass is 79.9. The molecule has 1 atom stereocenters. The molecule has 15 heavy (non-hydrogen) atoms. The van der Waals surface area contributed by atoms with Gasteiger partial charge in [-0.05, 0) is 18.6 Å². The minimum Gasteiger partial charge on any atom is -0.481 e. The second-order valence-electron chi connectivity index (χ2n) is 3.09. The molecule has 0 saturated carbocycles. The first kappa shape index (κ1) is 12.1. The van der Waals surface area contributed by atoms with Crippen LogP contribution in [0, 0.1) is 11.6 Å². The Morgan fingerprint density at radius 3 is 2.60 bits per heavy atom. The van der Waals surface area contributed by atoms with E-state index >= 15 is 0 Å². The molecule has 0 heterocycles. The SMILES string of the molecule is CCC(C(=O)O)c1cc(Br)cc(F)c1F. The second-order valence-corrected chi connectivity index (χ2v) is 4.01. The van der Waals surface area contributed by atoms with Crippen molar-refractivity contribution in [3.8, 4) is 0 Å². The molecule has 0 radical (unpaired) electrons. The van der Waals surface area contributed by atoms with E-state index in [0.717, 1.165) is 6.07 Å². The summed E-state index contributed by atoms with van der Waals surface area (Å²) in [5.74, 6) is -4.31. The van der Waals surface area contributed by atoms with Crippen LogP contribution in [0.15, 0.2) is 16.6 Å². The second kappa shape index (κ2) is 4.70. The van der Waals surface area contributed by atoms with Crippen molar-refractivity contribution in [2.75, 3.05) is 0 Å². The number of aliphatic carboxylic acids is 1. The molecule has 0 fully saturated rings. The number of halogens is 3. The fourth-order valence-electron chi connectivity index (χ4n) is 1.36. The van der Waals surface area contributed by atoms with Crippen LogP contribution in [0.4, 0.5) is 8.78 Å². The van der Waals surface area contributed by atoms with E-state index in [1.165, 1.54) is 6.07 Å². The van der Waals surface area contributed by atoms with Gasteiger partial charge in [-0.3, -0.25) is 4.79 Å². The molecule has 82 valence electrons. The molecular weight excluding hydrogens is 270 g/mol. The average molecular weight is 279 g/mol. The van der Waals surface area contributed by atoms with Crippen LogP contribution in [-0.4, -0.2) is 11.1 Å². The Morgan fingerprint density at radius 1 is 1.53 bits per heavy atom. The summed E-state index contributed by atoms with van der Waals surface area (Å²) >= 11 is 2.99. The van der Waals surface area contributed by atoms with E-state index in [1.807, 2.05) is 0 Å². The summed E-state index contributed by atoms with van der Waals surface area (Å²) < 4.78 is 26.7. The van der Waals surface area contributed by atoms with Crippen molar-refractivity contribution in [2.24, 2.45) is 0 Å². The Bertz CT molecular complexity index is 393. The monoisotopic (exact) mass is 278 g/mol. The van der Waals surface area contributed by atoms with E-state index in [-0.39, 0.29) is 12.0 Å². The van der Waals surface area contributed by atoms with E-state index in [0.29, 0.717) is 4.47 Å². The van der Waals surface area contributed by atoms with Crippen molar-refractivity contribution in [3.63, 3.8) is 0 Å². The lowest BCUT2D eigenvalue weighted by molar-refractivity contribution is -0.138. The Kier molecular flexibility index (Phi) is 3.79. The fraction of sp³-hybridized carbons (Fsp3) is 0.300. The van der Waals surface area contributed by atoms with Crippen molar-refractivity contribution in [3.05, 3.63) is 33.8 Å². The minimum absolute atomic E-state index is 0.128. The largest absolute Gasteiger partial charge is 0.481 e.